The van der Waals surface area contributed by atoms with Crippen LogP contribution in [0.3, 0.4) is 0 Å². The molecule has 8 atom stereocenters. The number of ketones is 1. The highest BCUT2D eigenvalue weighted by Crippen LogP contribution is 2.75. The minimum absolute atomic E-state index is 0.0140. The smallest absolute Gasteiger partial charge is 0.302 e. The number of ether oxygens (including phenoxy) is 1. The Bertz CT molecular complexity index is 914. The third kappa shape index (κ3) is 3.98. The number of hydrogen-bond donors (Lipinski definition) is 0. The Morgan fingerprint density at radius 1 is 0.800 bits per heavy atom. The predicted octanol–water partition coefficient (Wildman–Crippen LogP) is 8.08. The molecule has 8 unspecified atom stereocenters. The molecule has 4 aliphatic rings. The molecule has 0 radical (unpaired) electrons. The Hall–Kier alpha value is -1.38. The van der Waals surface area contributed by atoms with Gasteiger partial charge in [0.25, 0.3) is 0 Å². The van der Waals surface area contributed by atoms with Gasteiger partial charge in [0.2, 0.25) is 0 Å². The van der Waals surface area contributed by atoms with Crippen LogP contribution in [-0.4, -0.2) is 17.9 Å². The van der Waals surface area contributed by atoms with Crippen LogP contribution in [0.25, 0.3) is 0 Å². The van der Waals surface area contributed by atoms with Crippen LogP contribution in [0, 0.1) is 45.3 Å². The molecule has 0 amide bonds. The number of allylic oxidation sites excluding steroid dienone is 2. The van der Waals surface area contributed by atoms with E-state index in [1.54, 1.807) is 6.92 Å². The van der Waals surface area contributed by atoms with Crippen molar-refractivity contribution in [3.63, 3.8) is 0 Å². The molecule has 0 aromatic heterocycles. The van der Waals surface area contributed by atoms with E-state index in [-0.39, 0.29) is 23.3 Å². The van der Waals surface area contributed by atoms with Crippen LogP contribution in [0.4, 0.5) is 0 Å². The highest BCUT2D eigenvalue weighted by Gasteiger charge is 2.68. The molecule has 0 aromatic rings. The summed E-state index contributed by atoms with van der Waals surface area (Å²) in [5.41, 5.74) is 2.93. The van der Waals surface area contributed by atoms with E-state index >= 15 is 0 Å². The predicted molar refractivity (Wildman–Crippen MR) is 143 cm³/mol. The maximum atomic E-state index is 12.2. The molecule has 0 N–H and O–H groups in total. The lowest BCUT2D eigenvalue weighted by Gasteiger charge is -2.70. The Balaban J connectivity index is 1.56. The Kier molecular flexibility index (Phi) is 6.76. The van der Waals surface area contributed by atoms with Crippen molar-refractivity contribution in [3.05, 3.63) is 24.3 Å². The highest BCUT2D eigenvalue weighted by atomic mass is 16.5. The van der Waals surface area contributed by atoms with Gasteiger partial charge in [-0.1, -0.05) is 53.3 Å². The second-order valence-corrected chi connectivity index (χ2v) is 14.1. The van der Waals surface area contributed by atoms with E-state index in [1.165, 1.54) is 50.5 Å². The molecule has 0 heterocycles. The largest absolute Gasteiger partial charge is 0.462 e. The van der Waals surface area contributed by atoms with Gasteiger partial charge < -0.3 is 4.74 Å². The van der Waals surface area contributed by atoms with Crippen molar-refractivity contribution in [2.24, 2.45) is 45.3 Å². The minimum Gasteiger partial charge on any atom is -0.462 e. The Morgan fingerprint density at radius 2 is 1.46 bits per heavy atom. The van der Waals surface area contributed by atoms with Gasteiger partial charge >= 0.3 is 5.97 Å². The molecule has 196 valence electrons. The van der Waals surface area contributed by atoms with Gasteiger partial charge in [0, 0.05) is 18.8 Å². The average molecular weight is 483 g/mol. The molecule has 4 saturated carbocycles. The summed E-state index contributed by atoms with van der Waals surface area (Å²) in [6.45, 7) is 24.3. The van der Waals surface area contributed by atoms with Crippen molar-refractivity contribution in [2.45, 2.75) is 119 Å². The summed E-state index contributed by atoms with van der Waals surface area (Å²) in [5, 5.41) is 0. The van der Waals surface area contributed by atoms with Crippen LogP contribution in [0.15, 0.2) is 24.3 Å². The van der Waals surface area contributed by atoms with E-state index in [1.807, 2.05) is 6.92 Å². The molecule has 3 nitrogen and oxygen atoms in total. The van der Waals surface area contributed by atoms with Crippen LogP contribution in [0.5, 0.6) is 0 Å². The third-order valence-corrected chi connectivity index (χ3v) is 12.3. The highest BCUT2D eigenvalue weighted by molar-refractivity contribution is 5.94. The normalized spacial score (nSPS) is 43.9. The molecular formula is C32H50O3. The fourth-order valence-corrected chi connectivity index (χ4v) is 10.3. The summed E-state index contributed by atoms with van der Waals surface area (Å²) in [6.07, 6.45) is 11.2. The average Bonchev–Trinajstić information content (AvgIpc) is 3.12. The maximum absolute atomic E-state index is 12.2. The van der Waals surface area contributed by atoms with Crippen LogP contribution in [0.1, 0.15) is 113 Å². The SMILES string of the molecule is C=C(C)C(=O)CCC(=C)C1CCC2(C)C1CCC1C3(C)CCC(OC(C)=O)C(C)(C)C3CCC12C. The van der Waals surface area contributed by atoms with Gasteiger partial charge in [0.15, 0.2) is 5.78 Å². The van der Waals surface area contributed by atoms with Crippen molar-refractivity contribution < 1.29 is 14.3 Å². The zero-order valence-electron chi connectivity index (χ0n) is 23.6. The van der Waals surface area contributed by atoms with Gasteiger partial charge in [0.05, 0.1) is 0 Å². The fraction of sp³-hybridized carbons (Fsp3) is 0.812. The van der Waals surface area contributed by atoms with E-state index in [2.05, 4.69) is 47.8 Å². The lowest BCUT2D eigenvalue weighted by atomic mass is 9.35. The third-order valence-electron chi connectivity index (χ3n) is 12.3. The van der Waals surface area contributed by atoms with E-state index in [9.17, 15) is 9.59 Å². The molecule has 4 fully saturated rings. The van der Waals surface area contributed by atoms with Crippen LogP contribution in [0.2, 0.25) is 0 Å². The number of carbonyl (C=O) groups is 2. The minimum atomic E-state index is -0.137. The van der Waals surface area contributed by atoms with Crippen molar-refractivity contribution in [1.82, 2.24) is 0 Å². The Morgan fingerprint density at radius 3 is 2.09 bits per heavy atom. The van der Waals surface area contributed by atoms with Crippen molar-refractivity contribution in [3.8, 4) is 0 Å². The first-order chi connectivity index (χ1) is 16.2. The topological polar surface area (TPSA) is 43.4 Å². The summed E-state index contributed by atoms with van der Waals surface area (Å²) in [4.78, 5) is 24.0. The molecule has 35 heavy (non-hydrogen) atoms. The second-order valence-electron chi connectivity index (χ2n) is 14.1. The van der Waals surface area contributed by atoms with Crippen molar-refractivity contribution >= 4 is 11.8 Å². The number of Topliss-reactive ketones (excluding diaryl/α,β-unsaturated/α-hetero) is 1. The number of hydrogen-bond acceptors (Lipinski definition) is 3. The second kappa shape index (κ2) is 8.88. The van der Waals surface area contributed by atoms with Crippen LogP contribution >= 0.6 is 0 Å². The number of rotatable bonds is 6. The summed E-state index contributed by atoms with van der Waals surface area (Å²) < 4.78 is 5.87. The van der Waals surface area contributed by atoms with Crippen molar-refractivity contribution in [1.29, 1.82) is 0 Å². The summed E-state index contributed by atoms with van der Waals surface area (Å²) in [7, 11) is 0. The van der Waals surface area contributed by atoms with Gasteiger partial charge in [-0.2, -0.15) is 0 Å². The number of esters is 1. The molecule has 0 aliphatic heterocycles. The first-order valence-corrected chi connectivity index (χ1v) is 14.2. The van der Waals surface area contributed by atoms with E-state index in [4.69, 9.17) is 4.74 Å². The van der Waals surface area contributed by atoms with Gasteiger partial charge in [-0.25, -0.2) is 0 Å². The summed E-state index contributed by atoms with van der Waals surface area (Å²) >= 11 is 0. The van der Waals surface area contributed by atoms with Gasteiger partial charge in [0.1, 0.15) is 6.10 Å². The molecule has 0 aromatic carbocycles. The molecule has 4 aliphatic carbocycles. The lowest BCUT2D eigenvalue weighted by molar-refractivity contribution is -0.226. The molecule has 0 spiro atoms. The van der Waals surface area contributed by atoms with E-state index in [0.717, 1.165) is 12.8 Å². The summed E-state index contributed by atoms with van der Waals surface area (Å²) in [5.74, 6) is 2.58. The van der Waals surface area contributed by atoms with E-state index < -0.39 is 0 Å². The number of fused-ring (bicyclic) bond motifs is 5. The zero-order valence-corrected chi connectivity index (χ0v) is 23.6. The monoisotopic (exact) mass is 482 g/mol. The Labute approximate surface area is 214 Å². The van der Waals surface area contributed by atoms with E-state index in [0.29, 0.717) is 51.9 Å². The maximum Gasteiger partial charge on any atom is 0.302 e. The standard InChI is InChI=1S/C32H50O3/c1-20(2)25(34)12-10-21(3)23-14-18-31(8)24(23)11-13-27-30(7)17-16-28(35-22(4)33)29(5,6)26(30)15-19-32(27,31)9/h23-24,26-28H,1,3,10-19H2,2,4-9H3. The fourth-order valence-electron chi connectivity index (χ4n) is 10.3. The molecule has 4 rings (SSSR count). The molecule has 3 heteroatoms. The van der Waals surface area contributed by atoms with Gasteiger partial charge in [-0.15, -0.1) is 0 Å². The molecule has 0 saturated heterocycles. The van der Waals surface area contributed by atoms with Crippen molar-refractivity contribution in [2.75, 3.05) is 0 Å². The molecule has 0 bridgehead atoms. The van der Waals surface area contributed by atoms with Crippen LogP contribution in [-0.2, 0) is 14.3 Å². The first-order valence-electron chi connectivity index (χ1n) is 14.2. The van der Waals surface area contributed by atoms with Gasteiger partial charge in [-0.3, -0.25) is 9.59 Å². The lowest BCUT2D eigenvalue weighted by Crippen LogP contribution is -2.64. The molecular weight excluding hydrogens is 432 g/mol. The first kappa shape index (κ1) is 26.7. The number of carbonyl (C=O) groups excluding carboxylic acids is 2. The van der Waals surface area contributed by atoms with Crippen LogP contribution < -0.4 is 0 Å². The zero-order chi connectivity index (χ0) is 26.0. The quantitative estimate of drug-likeness (QED) is 0.218. The summed E-state index contributed by atoms with van der Waals surface area (Å²) in [6, 6.07) is 0. The van der Waals surface area contributed by atoms with Gasteiger partial charge in [-0.05, 0) is 110 Å².